The van der Waals surface area contributed by atoms with Gasteiger partial charge < -0.3 is 9.15 Å². The highest BCUT2D eigenvalue weighted by Crippen LogP contribution is 2.40. The van der Waals surface area contributed by atoms with Crippen molar-refractivity contribution >= 4 is 54.8 Å². The molecule has 318 valence electrons. The quantitative estimate of drug-likeness (QED) is 0.118. The van der Waals surface area contributed by atoms with Crippen molar-refractivity contribution in [3.63, 3.8) is 0 Å². The lowest BCUT2D eigenvalue weighted by Gasteiger charge is -2.26. The maximum atomic E-state index is 8.77. The number of aryl methyl sites for hydroxylation is 1. The van der Waals surface area contributed by atoms with Gasteiger partial charge in [-0.1, -0.05) is 136 Å². The second-order valence-corrected chi connectivity index (χ2v) is 17.5. The number of rotatable bonds is 7. The molecule has 4 heterocycles. The number of ether oxygens (including phenoxy) is 1. The zero-order valence-electron chi connectivity index (χ0n) is 46.2. The van der Waals surface area contributed by atoms with Gasteiger partial charge >= 0.3 is 0 Å². The van der Waals surface area contributed by atoms with Gasteiger partial charge in [0.05, 0.1) is 38.9 Å². The van der Waals surface area contributed by atoms with E-state index in [1.807, 2.05) is 108 Å². The van der Waals surface area contributed by atoms with E-state index in [4.69, 9.17) is 27.8 Å². The van der Waals surface area contributed by atoms with Crippen molar-refractivity contribution in [2.24, 2.45) is 0 Å². The van der Waals surface area contributed by atoms with Crippen molar-refractivity contribution < 1.29 is 27.4 Å². The van der Waals surface area contributed by atoms with Crippen LogP contribution in [0.5, 0.6) is 11.5 Å². The van der Waals surface area contributed by atoms with Gasteiger partial charge in [-0.05, 0) is 113 Å². The summed E-state index contributed by atoms with van der Waals surface area (Å²) in [6.07, 6.45) is 4.94. The highest BCUT2D eigenvalue weighted by atomic mass is 16.5. The van der Waals surface area contributed by atoms with Crippen LogP contribution in [-0.2, 0) is 5.41 Å². The molecule has 66 heavy (non-hydrogen) atoms. The minimum Gasteiger partial charge on any atom is -0.458 e. The predicted molar refractivity (Wildman–Crippen MR) is 269 cm³/mol. The molecule has 0 atom stereocenters. The number of imidazole rings is 1. The summed E-state index contributed by atoms with van der Waals surface area (Å²) in [7, 11) is 0. The van der Waals surface area contributed by atoms with Gasteiger partial charge in [0.25, 0.3) is 6.33 Å². The lowest BCUT2D eigenvalue weighted by atomic mass is 9.83. The predicted octanol–water partition coefficient (Wildman–Crippen LogP) is 15.1. The van der Waals surface area contributed by atoms with E-state index in [0.717, 1.165) is 71.8 Å². The molecule has 0 amide bonds. The standard InChI is InChI=1S/C60H46N4O2/c1-38-16-6-7-19-44(38)50-36-61-58(32-39(50)2)64-52-24-10-8-20-46(52)47-30-29-43(35-55(47)64)65-42-18-14-17-41(34-42)62-37-63(54-26-12-11-25-53(54)62)59-45(22-15-23-51(59)60(3,4)5)40-28-31-57-49(33-40)48-21-9-13-27-56(48)66-57/h6-36H,1-5H3/i1D3,2D3,6D,7D,16D,19D. The fourth-order valence-corrected chi connectivity index (χ4v) is 9.30. The summed E-state index contributed by atoms with van der Waals surface area (Å²) in [5, 5.41) is 3.78. The molecule has 0 aliphatic rings. The molecule has 0 saturated carbocycles. The average molecular weight is 865 g/mol. The average Bonchev–Trinajstić information content (AvgIpc) is 4.08. The Morgan fingerprint density at radius 3 is 2.26 bits per heavy atom. The van der Waals surface area contributed by atoms with Crippen LogP contribution in [0, 0.1) is 20.0 Å². The fourth-order valence-electron chi connectivity index (χ4n) is 9.30. The molecule has 0 spiro atoms. The minimum absolute atomic E-state index is 0.187. The van der Waals surface area contributed by atoms with Crippen molar-refractivity contribution in [2.45, 2.75) is 39.9 Å². The van der Waals surface area contributed by atoms with Crippen LogP contribution >= 0.6 is 0 Å². The molecule has 0 aliphatic heterocycles. The van der Waals surface area contributed by atoms with Gasteiger partial charge in [-0.2, -0.15) is 0 Å². The summed E-state index contributed by atoms with van der Waals surface area (Å²) in [5.41, 5.74) is 8.00. The van der Waals surface area contributed by atoms with Crippen LogP contribution in [0.1, 0.15) is 51.2 Å². The van der Waals surface area contributed by atoms with E-state index in [0.29, 0.717) is 22.5 Å². The van der Waals surface area contributed by atoms with Crippen molar-refractivity contribution in [1.29, 1.82) is 0 Å². The first-order chi connectivity index (χ1) is 36.3. The molecular formula is C60H46N4O2. The van der Waals surface area contributed by atoms with Gasteiger partial charge in [0.2, 0.25) is 0 Å². The monoisotopic (exact) mass is 864 g/mol. The first-order valence-corrected chi connectivity index (χ1v) is 21.7. The number of nitrogens with zero attached hydrogens (tertiary/aromatic N) is 4. The van der Waals surface area contributed by atoms with Crippen LogP contribution in [0.25, 0.3) is 94.2 Å². The first-order valence-electron chi connectivity index (χ1n) is 26.7. The third kappa shape index (κ3) is 6.48. The molecule has 8 aromatic carbocycles. The molecule has 0 aliphatic carbocycles. The second-order valence-electron chi connectivity index (χ2n) is 17.5. The van der Waals surface area contributed by atoms with E-state index >= 15 is 0 Å². The Balaban J connectivity index is 0.963. The third-order valence-electron chi connectivity index (χ3n) is 12.4. The minimum atomic E-state index is -3.01. The fraction of sp³-hybridized carbons (Fsp3) is 0.100. The highest BCUT2D eigenvalue weighted by molar-refractivity contribution is 6.09. The molecule has 12 rings (SSSR count). The first kappa shape index (κ1) is 30.0. The van der Waals surface area contributed by atoms with Crippen molar-refractivity contribution in [3.8, 4) is 50.9 Å². The van der Waals surface area contributed by atoms with E-state index in [1.165, 1.54) is 12.3 Å². The van der Waals surface area contributed by atoms with Gasteiger partial charge in [0, 0.05) is 47.6 Å². The summed E-state index contributed by atoms with van der Waals surface area (Å²) >= 11 is 0. The Morgan fingerprint density at radius 2 is 1.38 bits per heavy atom. The van der Waals surface area contributed by atoms with Gasteiger partial charge in [-0.15, -0.1) is 0 Å². The van der Waals surface area contributed by atoms with Crippen LogP contribution in [0.4, 0.5) is 0 Å². The van der Waals surface area contributed by atoms with Crippen LogP contribution < -0.4 is 9.30 Å². The number of para-hydroxylation sites is 5. The van der Waals surface area contributed by atoms with E-state index < -0.39 is 49.0 Å². The zero-order chi connectivity index (χ0) is 53.2. The lowest BCUT2D eigenvalue weighted by Crippen LogP contribution is -2.34. The Morgan fingerprint density at radius 1 is 0.621 bits per heavy atom. The molecule has 0 unspecified atom stereocenters. The Bertz CT molecular complexity index is 4350. The highest BCUT2D eigenvalue weighted by Gasteiger charge is 2.25. The number of furan rings is 1. The van der Waals surface area contributed by atoms with E-state index in [-0.39, 0.29) is 22.4 Å². The van der Waals surface area contributed by atoms with Crippen molar-refractivity contribution in [2.75, 3.05) is 0 Å². The number of benzene rings is 8. The normalized spacial score (nSPS) is 14.6. The SMILES string of the molecule is [2H]c1c([2H])c([2H])c(C([2H])([2H])[2H])c(-c2cnc(-n3c4ccccc4c4ccc(Oc5cccc(-n6[c-][n+](-c7c(-c8ccc9oc%10ccccc%10c9c8)cccc7C(C)(C)C)c7ccccc76)c5)cc43)cc2C([2H])([2H])[2H])c1[2H]. The molecule has 4 aromatic heterocycles. The molecule has 0 radical (unpaired) electrons. The van der Waals surface area contributed by atoms with E-state index in [1.54, 1.807) is 4.57 Å². The van der Waals surface area contributed by atoms with Crippen LogP contribution in [-0.4, -0.2) is 14.1 Å². The molecule has 0 saturated heterocycles. The van der Waals surface area contributed by atoms with Gasteiger partial charge in [-0.3, -0.25) is 13.7 Å². The summed E-state index contributed by atoms with van der Waals surface area (Å²) in [5.74, 6) is 1.20. The van der Waals surface area contributed by atoms with Gasteiger partial charge in [0.15, 0.2) is 0 Å². The molecule has 0 bridgehead atoms. The largest absolute Gasteiger partial charge is 0.458 e. The smallest absolute Gasteiger partial charge is 0.269 e. The maximum Gasteiger partial charge on any atom is 0.269 e. The van der Waals surface area contributed by atoms with E-state index in [2.05, 4.69) is 80.2 Å². The summed E-state index contributed by atoms with van der Waals surface area (Å²) < 4.78 is 103. The molecule has 6 heteroatoms. The molecule has 6 nitrogen and oxygen atoms in total. The molecule has 0 fully saturated rings. The summed E-state index contributed by atoms with van der Waals surface area (Å²) in [4.78, 5) is 4.71. The van der Waals surface area contributed by atoms with Crippen LogP contribution in [0.15, 0.2) is 193 Å². The van der Waals surface area contributed by atoms with Crippen molar-refractivity contribution in [3.05, 3.63) is 211 Å². The summed E-state index contributed by atoms with van der Waals surface area (Å²) in [6, 6.07) is 48.7. The molecule has 12 aromatic rings. The Kier molecular flexibility index (Phi) is 6.92. The number of fused-ring (bicyclic) bond motifs is 7. The van der Waals surface area contributed by atoms with E-state index in [9.17, 15) is 0 Å². The Labute approximate surface area is 397 Å². The molecular weight excluding hydrogens is 809 g/mol. The zero-order valence-corrected chi connectivity index (χ0v) is 36.2. The Hall–Kier alpha value is -8.22. The third-order valence-corrected chi connectivity index (χ3v) is 12.4. The topological polar surface area (TPSA) is 49.0 Å². The number of aromatic nitrogens is 4. The molecule has 0 N–H and O–H groups in total. The summed E-state index contributed by atoms with van der Waals surface area (Å²) in [6.45, 7) is 0.794. The maximum absolute atomic E-state index is 8.77. The number of hydrogen-bond acceptors (Lipinski definition) is 3. The van der Waals surface area contributed by atoms with Crippen LogP contribution in [0.2, 0.25) is 0 Å². The number of hydrogen-bond donors (Lipinski definition) is 0. The van der Waals surface area contributed by atoms with Crippen LogP contribution in [0.3, 0.4) is 0 Å². The lowest BCUT2D eigenvalue weighted by molar-refractivity contribution is -0.572. The van der Waals surface area contributed by atoms with Gasteiger partial charge in [-0.25, -0.2) is 4.98 Å². The second kappa shape index (κ2) is 15.2. The number of pyridine rings is 1. The van der Waals surface area contributed by atoms with Crippen molar-refractivity contribution in [1.82, 2.24) is 14.1 Å². The van der Waals surface area contributed by atoms with Gasteiger partial charge in [0.1, 0.15) is 28.5 Å².